The van der Waals surface area contributed by atoms with Gasteiger partial charge in [-0.3, -0.25) is 0 Å². The van der Waals surface area contributed by atoms with Crippen molar-refractivity contribution >= 4 is 23.1 Å². The summed E-state index contributed by atoms with van der Waals surface area (Å²) in [6.07, 6.45) is 3.09. The third kappa shape index (κ3) is 2.25. The summed E-state index contributed by atoms with van der Waals surface area (Å²) >= 11 is 3.38. The van der Waals surface area contributed by atoms with Crippen LogP contribution in [-0.2, 0) is 0 Å². The van der Waals surface area contributed by atoms with Crippen LogP contribution in [0, 0.1) is 23.7 Å². The third-order valence-electron chi connectivity index (χ3n) is 2.42. The molecule has 0 bridgehead atoms. The van der Waals surface area contributed by atoms with Gasteiger partial charge in [0, 0.05) is 12.2 Å². The van der Waals surface area contributed by atoms with Gasteiger partial charge >= 0.3 is 0 Å². The summed E-state index contributed by atoms with van der Waals surface area (Å²) in [5.41, 5.74) is 0.305. The lowest BCUT2D eigenvalue weighted by Crippen LogP contribution is -2.01. The van der Waals surface area contributed by atoms with E-state index in [4.69, 9.17) is 5.26 Å². The highest BCUT2D eigenvalue weighted by Crippen LogP contribution is 2.51. The predicted octanol–water partition coefficient (Wildman–Crippen LogP) is 2.63. The van der Waals surface area contributed by atoms with Gasteiger partial charge in [-0.15, -0.1) is 10.2 Å². The standard InChI is InChI=1S/C9H11N3S2/c1-7-11-12-8(14-7)13-6-9(2-3-9)4-5-10/h2-4,6H2,1H3. The molecule has 2 rings (SSSR count). The van der Waals surface area contributed by atoms with Gasteiger partial charge in [-0.1, -0.05) is 23.1 Å². The molecule has 0 atom stereocenters. The lowest BCUT2D eigenvalue weighted by atomic mass is 10.1. The largest absolute Gasteiger partial charge is 0.198 e. The van der Waals surface area contributed by atoms with Crippen LogP contribution < -0.4 is 0 Å². The lowest BCUT2D eigenvalue weighted by molar-refractivity contribution is 0.604. The second kappa shape index (κ2) is 3.87. The summed E-state index contributed by atoms with van der Waals surface area (Å²) in [6.45, 7) is 1.96. The van der Waals surface area contributed by atoms with Crippen LogP contribution in [0.15, 0.2) is 4.34 Å². The van der Waals surface area contributed by atoms with Crippen molar-refractivity contribution in [2.24, 2.45) is 5.41 Å². The molecular formula is C9H11N3S2. The van der Waals surface area contributed by atoms with Crippen LogP contribution in [0.3, 0.4) is 0 Å². The van der Waals surface area contributed by atoms with Gasteiger partial charge < -0.3 is 0 Å². The van der Waals surface area contributed by atoms with Gasteiger partial charge in [-0.25, -0.2) is 0 Å². The first-order chi connectivity index (χ1) is 6.74. The zero-order valence-corrected chi connectivity index (χ0v) is 9.62. The molecule has 0 aliphatic heterocycles. The first-order valence-corrected chi connectivity index (χ1v) is 6.34. The maximum absolute atomic E-state index is 8.66. The second-order valence-corrected chi connectivity index (χ2v) is 6.11. The normalized spacial score (nSPS) is 17.7. The zero-order chi connectivity index (χ0) is 10.0. The molecule has 0 amide bonds. The Bertz CT molecular complexity index is 362. The average Bonchev–Trinajstić information content (AvgIpc) is 2.80. The van der Waals surface area contributed by atoms with Gasteiger partial charge in [0.15, 0.2) is 4.34 Å². The van der Waals surface area contributed by atoms with Gasteiger partial charge in [0.1, 0.15) is 5.01 Å². The van der Waals surface area contributed by atoms with Crippen molar-refractivity contribution in [1.82, 2.24) is 10.2 Å². The van der Waals surface area contributed by atoms with E-state index in [0.29, 0.717) is 11.8 Å². The Morgan fingerprint density at radius 2 is 2.36 bits per heavy atom. The Balaban J connectivity index is 1.86. The van der Waals surface area contributed by atoms with Crippen molar-refractivity contribution in [3.63, 3.8) is 0 Å². The fourth-order valence-electron chi connectivity index (χ4n) is 1.27. The van der Waals surface area contributed by atoms with E-state index in [2.05, 4.69) is 16.3 Å². The second-order valence-electron chi connectivity index (χ2n) is 3.71. The minimum atomic E-state index is 0.305. The maximum Gasteiger partial charge on any atom is 0.174 e. The van der Waals surface area contributed by atoms with E-state index in [0.717, 1.165) is 15.1 Å². The van der Waals surface area contributed by atoms with Gasteiger partial charge in [0.05, 0.1) is 6.07 Å². The highest BCUT2D eigenvalue weighted by molar-refractivity contribution is 8.01. The molecule has 1 aliphatic carbocycles. The predicted molar refractivity (Wildman–Crippen MR) is 57.3 cm³/mol. The molecule has 1 aromatic heterocycles. The highest BCUT2D eigenvalue weighted by atomic mass is 32.2. The van der Waals surface area contributed by atoms with Crippen LogP contribution in [0.5, 0.6) is 0 Å². The van der Waals surface area contributed by atoms with Crippen LogP contribution in [0.25, 0.3) is 0 Å². The smallest absolute Gasteiger partial charge is 0.174 e. The SMILES string of the molecule is Cc1nnc(SCC2(CC#N)CC2)s1. The minimum absolute atomic E-state index is 0.305. The van der Waals surface area contributed by atoms with Crippen LogP contribution >= 0.6 is 23.1 Å². The first-order valence-electron chi connectivity index (χ1n) is 4.54. The Labute approximate surface area is 91.5 Å². The van der Waals surface area contributed by atoms with Gasteiger partial charge in [-0.2, -0.15) is 5.26 Å². The number of aromatic nitrogens is 2. The van der Waals surface area contributed by atoms with E-state index in [1.165, 1.54) is 12.8 Å². The summed E-state index contributed by atoms with van der Waals surface area (Å²) in [5, 5.41) is 17.7. The quantitative estimate of drug-likeness (QED) is 0.739. The lowest BCUT2D eigenvalue weighted by Gasteiger charge is -2.07. The molecule has 14 heavy (non-hydrogen) atoms. The van der Waals surface area contributed by atoms with E-state index in [-0.39, 0.29) is 0 Å². The Morgan fingerprint density at radius 3 is 2.86 bits per heavy atom. The Kier molecular flexibility index (Phi) is 2.75. The summed E-state index contributed by atoms with van der Waals surface area (Å²) in [5.74, 6) is 1.02. The number of nitrogens with zero attached hydrogens (tertiary/aromatic N) is 3. The summed E-state index contributed by atoms with van der Waals surface area (Å²) in [7, 11) is 0. The van der Waals surface area contributed by atoms with E-state index >= 15 is 0 Å². The molecule has 0 aromatic carbocycles. The van der Waals surface area contributed by atoms with E-state index in [1.54, 1.807) is 23.1 Å². The molecule has 3 nitrogen and oxygen atoms in total. The molecular weight excluding hydrogens is 214 g/mol. The molecule has 5 heteroatoms. The molecule has 1 saturated carbocycles. The molecule has 1 aliphatic rings. The van der Waals surface area contributed by atoms with Crippen LogP contribution in [0.2, 0.25) is 0 Å². The van der Waals surface area contributed by atoms with Crippen molar-refractivity contribution in [3.8, 4) is 6.07 Å². The topological polar surface area (TPSA) is 49.6 Å². The number of hydrogen-bond acceptors (Lipinski definition) is 5. The van der Waals surface area contributed by atoms with Crippen LogP contribution in [0.1, 0.15) is 24.3 Å². The Morgan fingerprint density at radius 1 is 1.57 bits per heavy atom. The van der Waals surface area contributed by atoms with E-state index in [1.807, 2.05) is 6.92 Å². The number of rotatable bonds is 4. The number of aryl methyl sites for hydroxylation is 1. The third-order valence-corrected chi connectivity index (χ3v) is 4.74. The molecule has 74 valence electrons. The molecule has 0 unspecified atom stereocenters. The molecule has 1 heterocycles. The summed E-state index contributed by atoms with van der Waals surface area (Å²) in [6, 6.07) is 2.27. The van der Waals surface area contributed by atoms with Crippen molar-refractivity contribution in [3.05, 3.63) is 5.01 Å². The monoisotopic (exact) mass is 225 g/mol. The molecule has 0 N–H and O–H groups in total. The molecule has 1 aromatic rings. The van der Waals surface area contributed by atoms with E-state index < -0.39 is 0 Å². The number of thioether (sulfide) groups is 1. The molecule has 1 fully saturated rings. The minimum Gasteiger partial charge on any atom is -0.198 e. The van der Waals surface area contributed by atoms with Gasteiger partial charge in [-0.05, 0) is 25.2 Å². The average molecular weight is 225 g/mol. The zero-order valence-electron chi connectivity index (χ0n) is 7.99. The van der Waals surface area contributed by atoms with Crippen molar-refractivity contribution in [1.29, 1.82) is 5.26 Å². The first kappa shape index (κ1) is 9.94. The number of nitriles is 1. The fraction of sp³-hybridized carbons (Fsp3) is 0.667. The van der Waals surface area contributed by atoms with Gasteiger partial charge in [0.2, 0.25) is 0 Å². The fourth-order valence-corrected chi connectivity index (χ4v) is 3.38. The van der Waals surface area contributed by atoms with Crippen molar-refractivity contribution in [2.75, 3.05) is 5.75 Å². The number of hydrogen-bond donors (Lipinski definition) is 0. The van der Waals surface area contributed by atoms with Crippen molar-refractivity contribution < 1.29 is 0 Å². The molecule has 0 radical (unpaired) electrons. The van der Waals surface area contributed by atoms with Crippen molar-refractivity contribution in [2.45, 2.75) is 30.5 Å². The highest BCUT2D eigenvalue weighted by Gasteiger charge is 2.42. The molecule has 0 spiro atoms. The maximum atomic E-state index is 8.66. The van der Waals surface area contributed by atoms with E-state index in [9.17, 15) is 0 Å². The van der Waals surface area contributed by atoms with Gasteiger partial charge in [0.25, 0.3) is 0 Å². The van der Waals surface area contributed by atoms with Crippen LogP contribution in [-0.4, -0.2) is 16.0 Å². The summed E-state index contributed by atoms with van der Waals surface area (Å²) in [4.78, 5) is 0. The summed E-state index contributed by atoms with van der Waals surface area (Å²) < 4.78 is 1.03. The Hall–Kier alpha value is -0.600. The van der Waals surface area contributed by atoms with Crippen LogP contribution in [0.4, 0.5) is 0 Å². The molecule has 0 saturated heterocycles.